The number of rotatable bonds is 6. The summed E-state index contributed by atoms with van der Waals surface area (Å²) in [5.41, 5.74) is 1.30. The molecule has 10 heteroatoms. The highest BCUT2D eigenvalue weighted by Crippen LogP contribution is 2.25. The first-order valence-electron chi connectivity index (χ1n) is 8.83. The molecule has 0 fully saturated rings. The fraction of sp³-hybridized carbons (Fsp3) is 0.158. The van der Waals surface area contributed by atoms with Crippen molar-refractivity contribution in [1.29, 1.82) is 0 Å². The van der Waals surface area contributed by atoms with Crippen molar-refractivity contribution in [2.24, 2.45) is 0 Å². The lowest BCUT2D eigenvalue weighted by molar-refractivity contribution is 0.0640. The van der Waals surface area contributed by atoms with Crippen LogP contribution in [0.2, 0.25) is 0 Å². The first kappa shape index (κ1) is 18.8. The number of H-pyrrole nitrogens is 1. The van der Waals surface area contributed by atoms with Gasteiger partial charge >= 0.3 is 0 Å². The van der Waals surface area contributed by atoms with Gasteiger partial charge in [0, 0.05) is 11.8 Å². The van der Waals surface area contributed by atoms with Crippen LogP contribution in [0.15, 0.2) is 47.8 Å². The molecular weight excluding hydrogens is 392 g/mol. The number of anilines is 1. The molecule has 2 aromatic heterocycles. The maximum absolute atomic E-state index is 12.7. The van der Waals surface area contributed by atoms with Crippen LogP contribution in [-0.2, 0) is 6.54 Å². The largest absolute Gasteiger partial charge is 0.291 e. The third-order valence-corrected chi connectivity index (χ3v) is 4.98. The van der Waals surface area contributed by atoms with Crippen molar-refractivity contribution >= 4 is 35.4 Å². The first-order valence-corrected chi connectivity index (χ1v) is 9.82. The fourth-order valence-corrected chi connectivity index (χ4v) is 3.43. The number of amides is 3. The molecule has 0 spiro atoms. The van der Waals surface area contributed by atoms with Gasteiger partial charge in [-0.15, -0.1) is 5.10 Å². The van der Waals surface area contributed by atoms with Crippen molar-refractivity contribution in [3.05, 3.63) is 65.0 Å². The minimum atomic E-state index is -0.458. The zero-order chi connectivity index (χ0) is 20.4. The topological polar surface area (TPSA) is 121 Å². The summed E-state index contributed by atoms with van der Waals surface area (Å²) in [6.45, 7) is 2.05. The fourth-order valence-electron chi connectivity index (χ4n) is 2.90. The molecule has 2 N–H and O–H groups in total. The Balaban J connectivity index is 1.52. The number of carbonyl (C=O) groups excluding carboxylic acids is 3. The summed E-state index contributed by atoms with van der Waals surface area (Å²) in [4.78, 5) is 47.3. The van der Waals surface area contributed by atoms with E-state index >= 15 is 0 Å². The van der Waals surface area contributed by atoms with E-state index in [-0.39, 0.29) is 29.2 Å². The van der Waals surface area contributed by atoms with Gasteiger partial charge in [0.05, 0.1) is 23.4 Å². The lowest BCUT2D eigenvalue weighted by atomic mass is 10.1. The van der Waals surface area contributed by atoms with E-state index in [9.17, 15) is 14.4 Å². The Bertz CT molecular complexity index is 1100. The molecule has 146 valence electrons. The molecule has 0 radical (unpaired) electrons. The minimum absolute atomic E-state index is 0.0741. The molecule has 3 amide bonds. The Kier molecular flexibility index (Phi) is 5.09. The van der Waals surface area contributed by atoms with Gasteiger partial charge in [0.1, 0.15) is 0 Å². The Labute approximate surface area is 169 Å². The summed E-state index contributed by atoms with van der Waals surface area (Å²) in [6.07, 6.45) is 1.60. The molecule has 0 aliphatic carbocycles. The summed E-state index contributed by atoms with van der Waals surface area (Å²) in [6, 6.07) is 9.70. The Morgan fingerprint density at radius 3 is 2.76 bits per heavy atom. The quantitative estimate of drug-likeness (QED) is 0.474. The molecule has 0 bridgehead atoms. The van der Waals surface area contributed by atoms with Gasteiger partial charge in [-0.1, -0.05) is 24.8 Å². The number of nitrogens with one attached hydrogen (secondary N) is 2. The molecule has 0 saturated heterocycles. The number of imide groups is 1. The van der Waals surface area contributed by atoms with Gasteiger partial charge in [-0.05, 0) is 36.1 Å². The molecule has 0 unspecified atom stereocenters. The van der Waals surface area contributed by atoms with E-state index in [4.69, 9.17) is 0 Å². The van der Waals surface area contributed by atoms with Gasteiger partial charge in [0.2, 0.25) is 11.1 Å². The molecule has 3 heterocycles. The number of thioether (sulfide) groups is 1. The highest BCUT2D eigenvalue weighted by molar-refractivity contribution is 7.99. The number of fused-ring (bicyclic) bond motifs is 1. The average molecular weight is 408 g/mol. The second kappa shape index (κ2) is 7.84. The highest BCUT2D eigenvalue weighted by atomic mass is 32.2. The van der Waals surface area contributed by atoms with E-state index in [1.165, 1.54) is 30.0 Å². The minimum Gasteiger partial charge on any atom is -0.291 e. The number of hydrogen-bond acceptors (Lipinski definition) is 7. The predicted molar refractivity (Wildman–Crippen MR) is 106 cm³/mol. The van der Waals surface area contributed by atoms with E-state index in [1.807, 2.05) is 6.92 Å². The van der Waals surface area contributed by atoms with E-state index in [1.54, 1.807) is 24.4 Å². The predicted octanol–water partition coefficient (Wildman–Crippen LogP) is 2.36. The molecule has 9 nitrogen and oxygen atoms in total. The number of hydrogen-bond donors (Lipinski definition) is 2. The van der Waals surface area contributed by atoms with Crippen LogP contribution >= 0.6 is 11.8 Å². The van der Waals surface area contributed by atoms with Crippen molar-refractivity contribution in [3.8, 4) is 0 Å². The van der Waals surface area contributed by atoms with E-state index in [2.05, 4.69) is 25.5 Å². The standard InChI is InChI=1S/C19H16N6O3S/c1-2-29-19-22-18(23-24-19)21-15(26)11-6-7-13-14(9-11)17(28)25(16(13)27)10-12-5-3-4-8-20-12/h3-9H,2,10H2,1H3,(H2,21,22,23,24,26). The second-order valence-corrected chi connectivity index (χ2v) is 7.36. The van der Waals surface area contributed by atoms with Gasteiger partial charge in [-0.3, -0.25) is 29.6 Å². The van der Waals surface area contributed by atoms with Crippen LogP contribution in [0.1, 0.15) is 43.7 Å². The summed E-state index contributed by atoms with van der Waals surface area (Å²) >= 11 is 1.44. The monoisotopic (exact) mass is 408 g/mol. The zero-order valence-corrected chi connectivity index (χ0v) is 16.2. The van der Waals surface area contributed by atoms with Gasteiger partial charge < -0.3 is 0 Å². The maximum atomic E-state index is 12.7. The zero-order valence-electron chi connectivity index (χ0n) is 15.4. The molecule has 1 aromatic carbocycles. The third kappa shape index (κ3) is 3.74. The van der Waals surface area contributed by atoms with E-state index in [0.717, 1.165) is 10.7 Å². The molecule has 4 rings (SSSR count). The van der Waals surface area contributed by atoms with Crippen molar-refractivity contribution in [1.82, 2.24) is 25.1 Å². The normalized spacial score (nSPS) is 12.9. The lowest BCUT2D eigenvalue weighted by Gasteiger charge is -2.12. The molecule has 1 aliphatic heterocycles. The summed E-state index contributed by atoms with van der Waals surface area (Å²) in [7, 11) is 0. The van der Waals surface area contributed by atoms with Crippen LogP contribution in [0, 0.1) is 0 Å². The van der Waals surface area contributed by atoms with Gasteiger partial charge in [-0.25, -0.2) is 5.10 Å². The van der Waals surface area contributed by atoms with Crippen molar-refractivity contribution in [2.45, 2.75) is 18.6 Å². The number of nitrogens with zero attached hydrogens (tertiary/aromatic N) is 4. The van der Waals surface area contributed by atoms with Crippen molar-refractivity contribution < 1.29 is 14.4 Å². The van der Waals surface area contributed by atoms with Crippen LogP contribution in [0.25, 0.3) is 0 Å². The van der Waals surface area contributed by atoms with Crippen LogP contribution in [0.3, 0.4) is 0 Å². The summed E-state index contributed by atoms with van der Waals surface area (Å²) in [5.74, 6) is -0.293. The smallest absolute Gasteiger partial charge is 0.261 e. The Hall–Kier alpha value is -3.53. The van der Waals surface area contributed by atoms with Crippen LogP contribution in [-0.4, -0.2) is 48.5 Å². The number of aromatic nitrogens is 4. The number of pyridine rings is 1. The van der Waals surface area contributed by atoms with Gasteiger partial charge in [0.15, 0.2) is 0 Å². The Morgan fingerprint density at radius 2 is 2.00 bits per heavy atom. The first-order chi connectivity index (χ1) is 14.1. The summed E-state index contributed by atoms with van der Waals surface area (Å²) < 4.78 is 0. The van der Waals surface area contributed by atoms with E-state index in [0.29, 0.717) is 10.9 Å². The maximum Gasteiger partial charge on any atom is 0.261 e. The highest BCUT2D eigenvalue weighted by Gasteiger charge is 2.36. The summed E-state index contributed by atoms with van der Waals surface area (Å²) in [5, 5.41) is 9.76. The molecule has 0 atom stereocenters. The molecule has 0 saturated carbocycles. The molecular formula is C19H16N6O3S. The molecule has 1 aliphatic rings. The van der Waals surface area contributed by atoms with Crippen LogP contribution in [0.5, 0.6) is 0 Å². The third-order valence-electron chi connectivity index (χ3n) is 4.25. The Morgan fingerprint density at radius 1 is 1.17 bits per heavy atom. The second-order valence-electron chi connectivity index (χ2n) is 6.13. The molecule has 29 heavy (non-hydrogen) atoms. The average Bonchev–Trinajstić information content (AvgIpc) is 3.27. The number of benzene rings is 1. The van der Waals surface area contributed by atoms with Crippen molar-refractivity contribution in [3.63, 3.8) is 0 Å². The van der Waals surface area contributed by atoms with Gasteiger partial charge in [0.25, 0.3) is 17.7 Å². The van der Waals surface area contributed by atoms with Crippen LogP contribution < -0.4 is 5.32 Å². The van der Waals surface area contributed by atoms with Gasteiger partial charge in [-0.2, -0.15) is 4.98 Å². The van der Waals surface area contributed by atoms with E-state index < -0.39 is 17.7 Å². The SMILES string of the molecule is CCSc1n[nH]c(NC(=O)c2ccc3c(c2)C(=O)N(Cc2ccccn2)C3=O)n1. The van der Waals surface area contributed by atoms with Crippen LogP contribution in [0.4, 0.5) is 5.95 Å². The lowest BCUT2D eigenvalue weighted by Crippen LogP contribution is -2.29. The van der Waals surface area contributed by atoms with Crippen molar-refractivity contribution in [2.75, 3.05) is 11.1 Å². The molecule has 3 aromatic rings. The number of carbonyl (C=O) groups is 3. The number of aromatic amines is 1.